The van der Waals surface area contributed by atoms with Gasteiger partial charge in [0.25, 0.3) is 0 Å². The molecule has 1 aliphatic heterocycles. The predicted octanol–water partition coefficient (Wildman–Crippen LogP) is 3.59. The van der Waals surface area contributed by atoms with Crippen LogP contribution in [0.15, 0.2) is 36.7 Å². The van der Waals surface area contributed by atoms with Crippen LogP contribution in [0.3, 0.4) is 0 Å². The third-order valence-electron chi connectivity index (χ3n) is 3.45. The Hall–Kier alpha value is -1.63. The van der Waals surface area contributed by atoms with Gasteiger partial charge in [0.1, 0.15) is 0 Å². The maximum Gasteiger partial charge on any atom is 0.326 e. The number of carbonyl (C=O) groups excluding carboxylic acids is 1. The maximum atomic E-state index is 12.4. The fourth-order valence-corrected chi connectivity index (χ4v) is 3.13. The lowest BCUT2D eigenvalue weighted by atomic mass is 10.1. The molecule has 1 aliphatic rings. The molecular weight excluding hydrogens is 365 g/mol. The number of hydrogen-bond donors (Lipinski definition) is 1. The van der Waals surface area contributed by atoms with Crippen molar-refractivity contribution >= 4 is 40.0 Å². The lowest BCUT2D eigenvalue weighted by molar-refractivity contribution is 0.257. The van der Waals surface area contributed by atoms with E-state index in [1.807, 2.05) is 12.1 Å². The molecule has 2 amide bonds. The second kappa shape index (κ2) is 5.40. The van der Waals surface area contributed by atoms with Gasteiger partial charge in [-0.05, 0) is 65.3 Å². The number of rotatable bonds is 1. The second-order valence-corrected chi connectivity index (χ2v) is 5.85. The summed E-state index contributed by atoms with van der Waals surface area (Å²) in [6.45, 7) is 2.82. The van der Waals surface area contributed by atoms with Gasteiger partial charge in [0.15, 0.2) is 0 Å². The Kier molecular flexibility index (Phi) is 3.60. The monoisotopic (exact) mass is 379 g/mol. The number of nitrogens with zero attached hydrogens (tertiary/aromatic N) is 2. The Labute approximate surface area is 131 Å². The number of amides is 2. The van der Waals surface area contributed by atoms with E-state index in [0.29, 0.717) is 5.69 Å². The highest BCUT2D eigenvalue weighted by Gasteiger charge is 2.26. The number of carbonyl (C=O) groups is 1. The van der Waals surface area contributed by atoms with E-state index in [0.717, 1.165) is 18.7 Å². The lowest BCUT2D eigenvalue weighted by Crippen LogP contribution is -2.33. The number of pyridine rings is 1. The van der Waals surface area contributed by atoms with Crippen LogP contribution >= 0.6 is 22.6 Å². The molecule has 1 aromatic carbocycles. The smallest absolute Gasteiger partial charge is 0.306 e. The first-order valence-electron chi connectivity index (χ1n) is 6.43. The van der Waals surface area contributed by atoms with Gasteiger partial charge in [0, 0.05) is 22.0 Å². The van der Waals surface area contributed by atoms with Crippen molar-refractivity contribution in [3.05, 3.63) is 51.4 Å². The van der Waals surface area contributed by atoms with Crippen molar-refractivity contribution in [1.82, 2.24) is 4.98 Å². The van der Waals surface area contributed by atoms with Crippen molar-refractivity contribution in [3.8, 4) is 0 Å². The predicted molar refractivity (Wildman–Crippen MR) is 88.2 cm³/mol. The van der Waals surface area contributed by atoms with Crippen LogP contribution in [0.25, 0.3) is 0 Å². The zero-order valence-electron chi connectivity index (χ0n) is 11.1. The van der Waals surface area contributed by atoms with Crippen LogP contribution < -0.4 is 10.2 Å². The summed E-state index contributed by atoms with van der Waals surface area (Å²) in [5.41, 5.74) is 4.26. The fourth-order valence-electron chi connectivity index (χ4n) is 2.40. The van der Waals surface area contributed by atoms with Crippen LogP contribution in [0, 0.1) is 10.5 Å². The summed E-state index contributed by atoms with van der Waals surface area (Å²) < 4.78 is 1.26. The van der Waals surface area contributed by atoms with Gasteiger partial charge >= 0.3 is 6.03 Å². The standard InChI is InChI=1S/C15H14IN3O/c1-10-4-5-13-12(14(10)16)6-8-19(13)15(20)18-11-3-2-7-17-9-11/h2-5,7,9H,6,8H2,1H3,(H,18,20). The highest BCUT2D eigenvalue weighted by molar-refractivity contribution is 14.1. The average Bonchev–Trinajstić information content (AvgIpc) is 2.89. The van der Waals surface area contributed by atoms with Crippen molar-refractivity contribution in [2.24, 2.45) is 0 Å². The first-order valence-corrected chi connectivity index (χ1v) is 7.51. The summed E-state index contributed by atoms with van der Waals surface area (Å²) in [5, 5.41) is 2.88. The summed E-state index contributed by atoms with van der Waals surface area (Å²) >= 11 is 2.36. The van der Waals surface area contributed by atoms with E-state index in [2.05, 4.69) is 45.9 Å². The molecule has 3 rings (SSSR count). The number of hydrogen-bond acceptors (Lipinski definition) is 2. The molecule has 2 aromatic rings. The normalized spacial score (nSPS) is 13.2. The molecule has 0 radical (unpaired) electrons. The van der Waals surface area contributed by atoms with Crippen LogP contribution in [0.1, 0.15) is 11.1 Å². The molecule has 0 saturated heterocycles. The minimum absolute atomic E-state index is 0.101. The van der Waals surface area contributed by atoms with Gasteiger partial charge in [-0.25, -0.2) is 4.79 Å². The van der Waals surface area contributed by atoms with Crippen molar-refractivity contribution in [2.75, 3.05) is 16.8 Å². The maximum absolute atomic E-state index is 12.4. The molecule has 0 saturated carbocycles. The molecule has 0 unspecified atom stereocenters. The summed E-state index contributed by atoms with van der Waals surface area (Å²) in [5.74, 6) is 0. The third kappa shape index (κ3) is 2.37. The largest absolute Gasteiger partial charge is 0.326 e. The fraction of sp³-hybridized carbons (Fsp3) is 0.200. The number of urea groups is 1. The van der Waals surface area contributed by atoms with Gasteiger partial charge in [-0.3, -0.25) is 9.88 Å². The first kappa shape index (κ1) is 13.4. The molecule has 0 bridgehead atoms. The van der Waals surface area contributed by atoms with Crippen molar-refractivity contribution in [3.63, 3.8) is 0 Å². The number of nitrogens with one attached hydrogen (secondary N) is 1. The molecule has 0 spiro atoms. The van der Waals surface area contributed by atoms with Crippen molar-refractivity contribution < 1.29 is 4.79 Å². The van der Waals surface area contributed by atoms with Gasteiger partial charge in [-0.15, -0.1) is 0 Å². The summed E-state index contributed by atoms with van der Waals surface area (Å²) in [6.07, 6.45) is 4.25. The van der Waals surface area contributed by atoms with Crippen LogP contribution in [-0.4, -0.2) is 17.6 Å². The van der Waals surface area contributed by atoms with E-state index in [1.54, 1.807) is 23.4 Å². The molecule has 2 heterocycles. The summed E-state index contributed by atoms with van der Waals surface area (Å²) in [7, 11) is 0. The second-order valence-electron chi connectivity index (χ2n) is 4.77. The number of aromatic nitrogens is 1. The average molecular weight is 379 g/mol. The Morgan fingerprint density at radius 2 is 2.25 bits per heavy atom. The molecular formula is C15H14IN3O. The van der Waals surface area contributed by atoms with Gasteiger partial charge in [-0.2, -0.15) is 0 Å². The van der Waals surface area contributed by atoms with E-state index in [9.17, 15) is 4.79 Å². The van der Waals surface area contributed by atoms with E-state index < -0.39 is 0 Å². The molecule has 0 fully saturated rings. The van der Waals surface area contributed by atoms with Crippen LogP contribution in [-0.2, 0) is 6.42 Å². The third-order valence-corrected chi connectivity index (χ3v) is 4.95. The topological polar surface area (TPSA) is 45.2 Å². The molecule has 0 aliphatic carbocycles. The summed E-state index contributed by atoms with van der Waals surface area (Å²) in [6, 6.07) is 7.64. The lowest BCUT2D eigenvalue weighted by Gasteiger charge is -2.18. The minimum atomic E-state index is -0.101. The molecule has 1 aromatic heterocycles. The number of aryl methyl sites for hydroxylation is 1. The van der Waals surface area contributed by atoms with Gasteiger partial charge < -0.3 is 5.32 Å². The number of fused-ring (bicyclic) bond motifs is 1. The molecule has 20 heavy (non-hydrogen) atoms. The highest BCUT2D eigenvalue weighted by atomic mass is 127. The zero-order chi connectivity index (χ0) is 14.1. The van der Waals surface area contributed by atoms with E-state index in [4.69, 9.17) is 0 Å². The van der Waals surface area contributed by atoms with Crippen molar-refractivity contribution in [1.29, 1.82) is 0 Å². The Morgan fingerprint density at radius 1 is 1.40 bits per heavy atom. The van der Waals surface area contributed by atoms with Crippen LogP contribution in [0.4, 0.5) is 16.2 Å². The molecule has 0 atom stereocenters. The van der Waals surface area contributed by atoms with Crippen LogP contribution in [0.2, 0.25) is 0 Å². The van der Waals surface area contributed by atoms with Gasteiger partial charge in [0.2, 0.25) is 0 Å². The first-order chi connectivity index (χ1) is 9.66. The quantitative estimate of drug-likeness (QED) is 0.770. The number of halogens is 1. The Morgan fingerprint density at radius 3 is 3.00 bits per heavy atom. The van der Waals surface area contributed by atoms with E-state index in [1.165, 1.54) is 14.7 Å². The van der Waals surface area contributed by atoms with Gasteiger partial charge in [0.05, 0.1) is 11.9 Å². The van der Waals surface area contributed by atoms with Gasteiger partial charge in [-0.1, -0.05) is 6.07 Å². The SMILES string of the molecule is Cc1ccc2c(c1I)CCN2C(=O)Nc1cccnc1. The number of benzene rings is 1. The number of anilines is 2. The van der Waals surface area contributed by atoms with Crippen LogP contribution in [0.5, 0.6) is 0 Å². The summed E-state index contributed by atoms with van der Waals surface area (Å²) in [4.78, 5) is 18.2. The Balaban J connectivity index is 1.85. The Bertz CT molecular complexity index is 658. The van der Waals surface area contributed by atoms with E-state index in [-0.39, 0.29) is 6.03 Å². The minimum Gasteiger partial charge on any atom is -0.306 e. The van der Waals surface area contributed by atoms with E-state index >= 15 is 0 Å². The molecule has 4 nitrogen and oxygen atoms in total. The molecule has 102 valence electrons. The highest BCUT2D eigenvalue weighted by Crippen LogP contribution is 2.33. The zero-order valence-corrected chi connectivity index (χ0v) is 13.2. The van der Waals surface area contributed by atoms with Crippen molar-refractivity contribution in [2.45, 2.75) is 13.3 Å². The molecule has 1 N–H and O–H groups in total. The molecule has 5 heteroatoms.